The van der Waals surface area contributed by atoms with Crippen LogP contribution in [0.15, 0.2) is 54.6 Å². The van der Waals surface area contributed by atoms with E-state index in [1.165, 1.54) is 0 Å². The summed E-state index contributed by atoms with van der Waals surface area (Å²) in [7, 11) is 0. The molecule has 0 spiro atoms. The minimum atomic E-state index is -1.46. The number of carbonyl (C=O) groups is 2. The van der Waals surface area contributed by atoms with Crippen molar-refractivity contribution in [3.63, 3.8) is 0 Å². The average molecular weight is 343 g/mol. The molecule has 2 aromatic rings. The van der Waals surface area contributed by atoms with Gasteiger partial charge in [-0.25, -0.2) is 0 Å². The molecule has 2 aromatic carbocycles. The summed E-state index contributed by atoms with van der Waals surface area (Å²) in [5.74, 6) is -0.611. The van der Waals surface area contributed by atoms with Crippen LogP contribution in [0.3, 0.4) is 0 Å². The smallest absolute Gasteiger partial charge is 0.225 e. The van der Waals surface area contributed by atoms with Gasteiger partial charge in [0, 0.05) is 11.1 Å². The van der Waals surface area contributed by atoms with Gasteiger partial charge in [-0.2, -0.15) is 0 Å². The Morgan fingerprint density at radius 2 is 1.44 bits per heavy atom. The Kier molecular flexibility index (Phi) is 6.41. The highest BCUT2D eigenvalue weighted by molar-refractivity contribution is 6.09. The van der Waals surface area contributed by atoms with Crippen molar-refractivity contribution < 1.29 is 24.9 Å². The van der Waals surface area contributed by atoms with E-state index in [0.717, 1.165) is 0 Å². The Morgan fingerprint density at radius 3 is 2.04 bits per heavy atom. The molecule has 4 N–H and O–H groups in total. The van der Waals surface area contributed by atoms with Crippen LogP contribution < -0.4 is 5.32 Å². The van der Waals surface area contributed by atoms with Gasteiger partial charge in [0.15, 0.2) is 5.78 Å². The molecule has 0 fully saturated rings. The van der Waals surface area contributed by atoms with Crippen molar-refractivity contribution in [3.05, 3.63) is 71.3 Å². The topological polar surface area (TPSA) is 107 Å². The number of aliphatic hydroxyl groups excluding tert-OH is 3. The standard InChI is InChI=1S/C19H21NO5/c21-11-19(12-22,13-23)20-17(24)10-14-5-4-8-16(9-14)18(25)15-6-2-1-3-7-15/h1-9,21-23H,10-13H2,(H,20,24). The van der Waals surface area contributed by atoms with Crippen LogP contribution in [0.2, 0.25) is 0 Å². The molecule has 0 aliphatic rings. The highest BCUT2D eigenvalue weighted by Crippen LogP contribution is 2.13. The number of nitrogens with one attached hydrogen (secondary N) is 1. The molecular weight excluding hydrogens is 322 g/mol. The molecule has 6 heteroatoms. The number of hydrogen-bond acceptors (Lipinski definition) is 5. The van der Waals surface area contributed by atoms with Crippen LogP contribution in [0, 0.1) is 0 Å². The third kappa shape index (κ3) is 4.73. The van der Waals surface area contributed by atoms with Crippen LogP contribution in [0.25, 0.3) is 0 Å². The van der Waals surface area contributed by atoms with E-state index in [1.54, 1.807) is 48.5 Å². The third-order valence-corrected chi connectivity index (χ3v) is 3.90. The van der Waals surface area contributed by atoms with Crippen molar-refractivity contribution in [3.8, 4) is 0 Å². The summed E-state index contributed by atoms with van der Waals surface area (Å²) in [5.41, 5.74) is 0.175. The Morgan fingerprint density at radius 1 is 0.840 bits per heavy atom. The third-order valence-electron chi connectivity index (χ3n) is 3.90. The Bertz CT molecular complexity index is 717. The van der Waals surface area contributed by atoms with E-state index in [-0.39, 0.29) is 12.2 Å². The number of hydrogen-bond donors (Lipinski definition) is 4. The van der Waals surface area contributed by atoms with Crippen molar-refractivity contribution >= 4 is 11.7 Å². The molecule has 0 aromatic heterocycles. The Hall–Kier alpha value is -2.54. The molecule has 132 valence electrons. The average Bonchev–Trinajstić information content (AvgIpc) is 2.66. The minimum Gasteiger partial charge on any atom is -0.394 e. The van der Waals surface area contributed by atoms with Gasteiger partial charge in [-0.1, -0.05) is 48.5 Å². The maximum Gasteiger partial charge on any atom is 0.225 e. The van der Waals surface area contributed by atoms with Gasteiger partial charge in [-0.15, -0.1) is 0 Å². The molecule has 0 unspecified atom stereocenters. The Balaban J connectivity index is 2.11. The van der Waals surface area contributed by atoms with E-state index in [1.807, 2.05) is 6.07 Å². The summed E-state index contributed by atoms with van der Waals surface area (Å²) in [6.45, 7) is -1.76. The molecule has 0 aliphatic carbocycles. The van der Waals surface area contributed by atoms with Crippen LogP contribution in [0.1, 0.15) is 21.5 Å². The fraction of sp³-hybridized carbons (Fsp3) is 0.263. The largest absolute Gasteiger partial charge is 0.394 e. The zero-order chi connectivity index (χ0) is 18.3. The van der Waals surface area contributed by atoms with E-state index >= 15 is 0 Å². The molecule has 2 rings (SSSR count). The number of rotatable bonds is 8. The number of aliphatic hydroxyl groups is 3. The molecule has 0 aliphatic heterocycles. The normalized spacial score (nSPS) is 11.2. The summed E-state index contributed by atoms with van der Waals surface area (Å²) in [5, 5.41) is 30.2. The van der Waals surface area contributed by atoms with Gasteiger partial charge >= 0.3 is 0 Å². The predicted octanol–water partition coefficient (Wildman–Crippen LogP) is 0.292. The van der Waals surface area contributed by atoms with Crippen LogP contribution in [-0.2, 0) is 11.2 Å². The van der Waals surface area contributed by atoms with Crippen molar-refractivity contribution in [2.45, 2.75) is 12.0 Å². The summed E-state index contributed by atoms with van der Waals surface area (Å²) >= 11 is 0. The predicted molar refractivity (Wildman–Crippen MR) is 92.2 cm³/mol. The highest BCUT2D eigenvalue weighted by atomic mass is 16.3. The first-order chi connectivity index (χ1) is 12.0. The summed E-state index contributed by atoms with van der Waals surface area (Å²) in [6, 6.07) is 15.5. The lowest BCUT2D eigenvalue weighted by Gasteiger charge is -2.28. The molecule has 0 saturated heterocycles. The van der Waals surface area contributed by atoms with E-state index < -0.39 is 31.3 Å². The van der Waals surface area contributed by atoms with Crippen molar-refractivity contribution in [2.24, 2.45) is 0 Å². The summed E-state index contributed by atoms with van der Waals surface area (Å²) in [4.78, 5) is 24.6. The fourth-order valence-corrected chi connectivity index (χ4v) is 2.37. The molecule has 6 nitrogen and oxygen atoms in total. The number of amides is 1. The number of ketones is 1. The quantitative estimate of drug-likeness (QED) is 0.516. The van der Waals surface area contributed by atoms with E-state index in [4.69, 9.17) is 0 Å². The zero-order valence-corrected chi connectivity index (χ0v) is 13.7. The van der Waals surface area contributed by atoms with E-state index in [2.05, 4.69) is 5.32 Å². The molecule has 0 bridgehead atoms. The number of carbonyl (C=O) groups excluding carboxylic acids is 2. The first kappa shape index (κ1) is 18.8. The highest BCUT2D eigenvalue weighted by Gasteiger charge is 2.29. The molecule has 25 heavy (non-hydrogen) atoms. The van der Waals surface area contributed by atoms with Crippen LogP contribution in [-0.4, -0.2) is 52.4 Å². The Labute approximate surface area is 145 Å². The monoisotopic (exact) mass is 343 g/mol. The van der Waals surface area contributed by atoms with Gasteiger partial charge in [-0.05, 0) is 11.6 Å². The van der Waals surface area contributed by atoms with Gasteiger partial charge in [0.05, 0.1) is 26.2 Å². The van der Waals surface area contributed by atoms with E-state index in [0.29, 0.717) is 16.7 Å². The first-order valence-electron chi connectivity index (χ1n) is 7.86. The van der Waals surface area contributed by atoms with Crippen LogP contribution >= 0.6 is 0 Å². The maximum absolute atomic E-state index is 12.5. The lowest BCUT2D eigenvalue weighted by Crippen LogP contribution is -2.57. The fourth-order valence-electron chi connectivity index (χ4n) is 2.37. The summed E-state index contributed by atoms with van der Waals surface area (Å²) < 4.78 is 0. The van der Waals surface area contributed by atoms with Gasteiger partial charge in [0.1, 0.15) is 5.54 Å². The zero-order valence-electron chi connectivity index (χ0n) is 13.7. The second-order valence-corrected chi connectivity index (χ2v) is 5.88. The van der Waals surface area contributed by atoms with Crippen LogP contribution in [0.4, 0.5) is 0 Å². The van der Waals surface area contributed by atoms with Gasteiger partial charge in [0.25, 0.3) is 0 Å². The van der Waals surface area contributed by atoms with Gasteiger partial charge in [0.2, 0.25) is 5.91 Å². The molecule has 0 atom stereocenters. The van der Waals surface area contributed by atoms with Crippen molar-refractivity contribution in [1.82, 2.24) is 5.32 Å². The minimum absolute atomic E-state index is 0.0440. The van der Waals surface area contributed by atoms with Crippen molar-refractivity contribution in [1.29, 1.82) is 0 Å². The lowest BCUT2D eigenvalue weighted by molar-refractivity contribution is -0.124. The summed E-state index contributed by atoms with van der Waals surface area (Å²) in [6.07, 6.45) is -0.0440. The van der Waals surface area contributed by atoms with Gasteiger partial charge in [-0.3, -0.25) is 9.59 Å². The molecule has 1 amide bonds. The molecule has 0 heterocycles. The first-order valence-corrected chi connectivity index (χ1v) is 7.86. The SMILES string of the molecule is O=C(Cc1cccc(C(=O)c2ccccc2)c1)NC(CO)(CO)CO. The molecule has 0 saturated carbocycles. The molecule has 0 radical (unpaired) electrons. The lowest BCUT2D eigenvalue weighted by atomic mass is 9.99. The maximum atomic E-state index is 12.5. The van der Waals surface area contributed by atoms with Gasteiger partial charge < -0.3 is 20.6 Å². The van der Waals surface area contributed by atoms with Crippen LogP contribution in [0.5, 0.6) is 0 Å². The number of benzene rings is 2. The van der Waals surface area contributed by atoms with Crippen molar-refractivity contribution in [2.75, 3.05) is 19.8 Å². The second kappa shape index (κ2) is 8.53. The second-order valence-electron chi connectivity index (χ2n) is 5.88. The molecular formula is C19H21NO5. The van der Waals surface area contributed by atoms with E-state index in [9.17, 15) is 24.9 Å².